The molecule has 1 aliphatic heterocycles. The molecule has 1 aromatic heterocycles. The summed E-state index contributed by atoms with van der Waals surface area (Å²) in [4.78, 5) is 67.0. The van der Waals surface area contributed by atoms with E-state index in [0.29, 0.717) is 11.5 Å². The van der Waals surface area contributed by atoms with Crippen molar-refractivity contribution < 1.29 is 43.3 Å². The summed E-state index contributed by atoms with van der Waals surface area (Å²) in [6.45, 7) is -0.510. The van der Waals surface area contributed by atoms with Gasteiger partial charge in [-0.1, -0.05) is 11.8 Å². The lowest BCUT2D eigenvalue weighted by Crippen LogP contribution is -2.31. The number of methoxy groups -OCH3 is 2. The topological polar surface area (TPSA) is 149 Å². The fourth-order valence-corrected chi connectivity index (χ4v) is 4.91. The molecule has 1 saturated heterocycles. The average molecular weight is 551 g/mol. The molecular formula is C27H22N2O9S. The van der Waals surface area contributed by atoms with Gasteiger partial charge in [0.2, 0.25) is 11.8 Å². The molecule has 2 aromatic carbocycles. The summed E-state index contributed by atoms with van der Waals surface area (Å²) in [6.07, 6.45) is 1.27. The van der Waals surface area contributed by atoms with Crippen LogP contribution in [0.25, 0.3) is 0 Å². The Morgan fingerprint density at radius 2 is 1.69 bits per heavy atom. The maximum atomic E-state index is 13.0. The van der Waals surface area contributed by atoms with Crippen LogP contribution >= 0.6 is 11.8 Å². The van der Waals surface area contributed by atoms with Gasteiger partial charge in [0.05, 0.1) is 36.3 Å². The molecule has 1 N–H and O–H groups in total. The zero-order valence-electron chi connectivity index (χ0n) is 20.8. The molecule has 0 saturated carbocycles. The largest absolute Gasteiger partial charge is 0.493 e. The number of ether oxygens (including phenoxy) is 3. The molecule has 2 heterocycles. The van der Waals surface area contributed by atoms with E-state index in [-0.39, 0.29) is 33.8 Å². The van der Waals surface area contributed by atoms with Crippen LogP contribution in [0.15, 0.2) is 65.8 Å². The van der Waals surface area contributed by atoms with E-state index < -0.39 is 41.4 Å². The number of aromatic nitrogens is 1. The summed E-state index contributed by atoms with van der Waals surface area (Å²) in [6, 6.07) is 13.0. The first-order valence-electron chi connectivity index (χ1n) is 11.5. The van der Waals surface area contributed by atoms with Gasteiger partial charge >= 0.3 is 11.9 Å². The number of thioether (sulfide) groups is 1. The zero-order chi connectivity index (χ0) is 28.1. The van der Waals surface area contributed by atoms with Crippen molar-refractivity contribution >= 4 is 47.0 Å². The number of amides is 2. The van der Waals surface area contributed by atoms with Gasteiger partial charge in [0.15, 0.2) is 23.9 Å². The van der Waals surface area contributed by atoms with Gasteiger partial charge < -0.3 is 19.3 Å². The number of benzene rings is 2. The number of carbonyl (C=O) groups excluding carboxylic acids is 4. The highest BCUT2D eigenvalue weighted by atomic mass is 32.2. The zero-order valence-corrected chi connectivity index (χ0v) is 21.6. The van der Waals surface area contributed by atoms with Gasteiger partial charge in [-0.25, -0.2) is 19.5 Å². The van der Waals surface area contributed by atoms with Crippen LogP contribution in [0.1, 0.15) is 37.5 Å². The van der Waals surface area contributed by atoms with Crippen molar-refractivity contribution in [2.24, 2.45) is 0 Å². The Hall–Kier alpha value is -4.71. The minimum Gasteiger partial charge on any atom is -0.493 e. The first-order valence-corrected chi connectivity index (χ1v) is 12.4. The summed E-state index contributed by atoms with van der Waals surface area (Å²) in [5.74, 6) is -2.58. The normalized spacial score (nSPS) is 14.7. The number of imide groups is 1. The predicted octanol–water partition coefficient (Wildman–Crippen LogP) is 3.26. The number of esters is 1. The van der Waals surface area contributed by atoms with Crippen LogP contribution < -0.4 is 14.4 Å². The van der Waals surface area contributed by atoms with Crippen LogP contribution in [-0.4, -0.2) is 65.7 Å². The van der Waals surface area contributed by atoms with E-state index in [0.717, 1.165) is 16.7 Å². The van der Waals surface area contributed by atoms with Gasteiger partial charge in [0.1, 0.15) is 5.03 Å². The molecule has 1 fully saturated rings. The van der Waals surface area contributed by atoms with Crippen LogP contribution in [0.2, 0.25) is 0 Å². The van der Waals surface area contributed by atoms with Crippen LogP contribution in [0.4, 0.5) is 5.69 Å². The van der Waals surface area contributed by atoms with E-state index in [2.05, 4.69) is 4.98 Å². The highest BCUT2D eigenvalue weighted by molar-refractivity contribution is 8.00. The number of pyridine rings is 1. The molecule has 1 unspecified atom stereocenters. The Morgan fingerprint density at radius 1 is 1.00 bits per heavy atom. The lowest BCUT2D eigenvalue weighted by atomic mass is 10.1. The third-order valence-corrected chi connectivity index (χ3v) is 6.96. The molecule has 0 aliphatic carbocycles. The molecule has 3 aromatic rings. The molecule has 0 spiro atoms. The second-order valence-corrected chi connectivity index (χ2v) is 9.35. The van der Waals surface area contributed by atoms with E-state index >= 15 is 0 Å². The lowest BCUT2D eigenvalue weighted by Gasteiger charge is -2.15. The summed E-state index contributed by atoms with van der Waals surface area (Å²) in [7, 11) is 2.91. The standard InChI is InChI=1S/C27H22N2O9S/c1-36-20-10-7-16(12-21(20)37-2)19(30)14-38-27(35)15-5-8-17(9-6-15)29-23(31)13-22(25(29)32)39-24-18(26(33)34)4-3-11-28-24/h3-12,22H,13-14H2,1-2H3,(H,33,34). The lowest BCUT2D eigenvalue weighted by molar-refractivity contribution is -0.121. The van der Waals surface area contributed by atoms with Gasteiger partial charge in [-0.05, 0) is 54.6 Å². The van der Waals surface area contributed by atoms with Crippen LogP contribution in [0, 0.1) is 0 Å². The number of ketones is 1. The molecule has 11 nitrogen and oxygen atoms in total. The molecule has 0 radical (unpaired) electrons. The molecule has 0 bridgehead atoms. The van der Waals surface area contributed by atoms with Gasteiger partial charge in [-0.2, -0.15) is 0 Å². The second-order valence-electron chi connectivity index (χ2n) is 8.16. The average Bonchev–Trinajstić information content (AvgIpc) is 3.23. The Bertz CT molecular complexity index is 1460. The number of hydrogen-bond acceptors (Lipinski definition) is 10. The van der Waals surface area contributed by atoms with Crippen molar-refractivity contribution in [1.82, 2.24) is 4.98 Å². The van der Waals surface area contributed by atoms with Crippen molar-refractivity contribution in [3.8, 4) is 11.5 Å². The van der Waals surface area contributed by atoms with E-state index in [9.17, 15) is 29.1 Å². The van der Waals surface area contributed by atoms with Crippen molar-refractivity contribution in [2.45, 2.75) is 16.7 Å². The smallest absolute Gasteiger partial charge is 0.338 e. The summed E-state index contributed by atoms with van der Waals surface area (Å²) >= 11 is 0.911. The summed E-state index contributed by atoms with van der Waals surface area (Å²) < 4.78 is 15.4. The Balaban J connectivity index is 1.39. The molecule has 4 rings (SSSR count). The maximum Gasteiger partial charge on any atom is 0.338 e. The van der Waals surface area contributed by atoms with Crippen LogP contribution in [-0.2, 0) is 14.3 Å². The first-order chi connectivity index (χ1) is 18.7. The summed E-state index contributed by atoms with van der Waals surface area (Å²) in [5.41, 5.74) is 0.568. The second kappa shape index (κ2) is 11.8. The summed E-state index contributed by atoms with van der Waals surface area (Å²) in [5, 5.41) is 8.63. The fraction of sp³-hybridized carbons (Fsp3) is 0.185. The number of aromatic carboxylic acids is 1. The fourth-order valence-electron chi connectivity index (χ4n) is 3.80. The third-order valence-electron chi connectivity index (χ3n) is 5.76. The van der Waals surface area contributed by atoms with Crippen molar-refractivity contribution in [2.75, 3.05) is 25.7 Å². The first kappa shape index (κ1) is 27.3. The SMILES string of the molecule is COc1ccc(C(=O)COC(=O)c2ccc(N3C(=O)CC(Sc4ncccc4C(=O)O)C3=O)cc2)cc1OC. The number of rotatable bonds is 10. The highest BCUT2D eigenvalue weighted by Gasteiger charge is 2.41. The number of Topliss-reactive ketones (excluding diaryl/α,β-unsaturated/α-hetero) is 1. The van der Waals surface area contributed by atoms with E-state index in [1.165, 1.54) is 68.9 Å². The molecule has 200 valence electrons. The number of hydrogen-bond donors (Lipinski definition) is 1. The van der Waals surface area contributed by atoms with Crippen LogP contribution in [0.3, 0.4) is 0 Å². The molecule has 39 heavy (non-hydrogen) atoms. The van der Waals surface area contributed by atoms with E-state index in [4.69, 9.17) is 14.2 Å². The quantitative estimate of drug-likeness (QED) is 0.225. The predicted molar refractivity (Wildman–Crippen MR) is 139 cm³/mol. The highest BCUT2D eigenvalue weighted by Crippen LogP contribution is 2.34. The van der Waals surface area contributed by atoms with Gasteiger partial charge in [-0.3, -0.25) is 14.4 Å². The van der Waals surface area contributed by atoms with Crippen molar-refractivity contribution in [1.29, 1.82) is 0 Å². The number of carbonyl (C=O) groups is 5. The number of carboxylic acid groups (broad SMARTS) is 1. The molecule has 1 aliphatic rings. The minimum absolute atomic E-state index is 0.0614. The maximum absolute atomic E-state index is 13.0. The monoisotopic (exact) mass is 550 g/mol. The molecule has 1 atom stereocenters. The van der Waals surface area contributed by atoms with Gasteiger partial charge in [-0.15, -0.1) is 0 Å². The Morgan fingerprint density at radius 3 is 2.36 bits per heavy atom. The van der Waals surface area contributed by atoms with E-state index in [1.54, 1.807) is 6.07 Å². The van der Waals surface area contributed by atoms with Crippen molar-refractivity contribution in [3.63, 3.8) is 0 Å². The Labute approximate surface area is 226 Å². The number of nitrogens with zero attached hydrogens (tertiary/aromatic N) is 2. The number of carboxylic acids is 1. The third kappa shape index (κ3) is 5.91. The van der Waals surface area contributed by atoms with Gasteiger partial charge in [0, 0.05) is 18.2 Å². The molecular weight excluding hydrogens is 528 g/mol. The Kier molecular flexibility index (Phi) is 8.25. The van der Waals surface area contributed by atoms with E-state index in [1.807, 2.05) is 0 Å². The van der Waals surface area contributed by atoms with Gasteiger partial charge in [0.25, 0.3) is 0 Å². The minimum atomic E-state index is -1.19. The molecule has 12 heteroatoms. The van der Waals surface area contributed by atoms with Crippen molar-refractivity contribution in [3.05, 3.63) is 77.5 Å². The number of anilines is 1. The molecule has 2 amide bonds. The van der Waals surface area contributed by atoms with Crippen LogP contribution in [0.5, 0.6) is 11.5 Å².